The monoisotopic (exact) mass is 421 g/mol. The van der Waals surface area contributed by atoms with Crippen LogP contribution in [0.1, 0.15) is 30.3 Å². The number of ketones is 1. The molecule has 0 radical (unpaired) electrons. The van der Waals surface area contributed by atoms with E-state index in [1.165, 1.54) is 0 Å². The lowest BCUT2D eigenvalue weighted by molar-refractivity contribution is -0.131. The van der Waals surface area contributed by atoms with E-state index in [-0.39, 0.29) is 11.6 Å². The van der Waals surface area contributed by atoms with E-state index in [2.05, 4.69) is 32.4 Å². The smallest absolute Gasteiger partial charge is 0.262 e. The van der Waals surface area contributed by atoms with Crippen molar-refractivity contribution >= 4 is 23.0 Å². The SMILES string of the molecule is Cc1nc2cccc(C#CCN3CCNCC3)c2c(=O)n1C1CCC(C(=O)C=O)NC1. The molecule has 8 heteroatoms. The standard InChI is InChI=1S/C23H27N5O3/c1-16-26-20-6-2-4-17(5-3-11-27-12-9-24-10-13-27)22(20)23(31)28(16)18-7-8-19(25-14-18)21(30)15-29/h2,4,6,15,18-19,24-25H,7-14H2,1H3. The number of Topliss-reactive ketones (excluding diaryl/α,β-unsaturated/α-hetero) is 1. The zero-order chi connectivity index (χ0) is 21.8. The Hall–Kier alpha value is -2.86. The molecular weight excluding hydrogens is 394 g/mol. The Bertz CT molecular complexity index is 1100. The number of aryl methyl sites for hydroxylation is 1. The Morgan fingerprint density at radius 2 is 2.10 bits per heavy atom. The van der Waals surface area contributed by atoms with Crippen molar-refractivity contribution in [1.82, 2.24) is 25.1 Å². The molecule has 2 unspecified atom stereocenters. The van der Waals surface area contributed by atoms with Gasteiger partial charge in [0.1, 0.15) is 5.82 Å². The van der Waals surface area contributed by atoms with E-state index in [0.717, 1.165) is 26.2 Å². The lowest BCUT2D eigenvalue weighted by atomic mass is 9.97. The van der Waals surface area contributed by atoms with Crippen LogP contribution in [0.4, 0.5) is 0 Å². The predicted molar refractivity (Wildman–Crippen MR) is 118 cm³/mol. The van der Waals surface area contributed by atoms with Crippen molar-refractivity contribution in [2.45, 2.75) is 31.8 Å². The summed E-state index contributed by atoms with van der Waals surface area (Å²) < 4.78 is 1.71. The highest BCUT2D eigenvalue weighted by Crippen LogP contribution is 2.22. The molecule has 31 heavy (non-hydrogen) atoms. The molecule has 4 rings (SSSR count). The molecular formula is C23H27N5O3. The largest absolute Gasteiger partial charge is 0.314 e. The van der Waals surface area contributed by atoms with Gasteiger partial charge in [0.15, 0.2) is 6.29 Å². The van der Waals surface area contributed by atoms with Crippen LogP contribution in [0.15, 0.2) is 23.0 Å². The molecule has 0 saturated carbocycles. The Kier molecular flexibility index (Phi) is 6.56. The van der Waals surface area contributed by atoms with E-state index >= 15 is 0 Å². The summed E-state index contributed by atoms with van der Waals surface area (Å²) in [5.41, 5.74) is 1.23. The summed E-state index contributed by atoms with van der Waals surface area (Å²) in [6.45, 7) is 6.82. The van der Waals surface area contributed by atoms with Crippen molar-refractivity contribution in [2.75, 3.05) is 39.3 Å². The first-order valence-corrected chi connectivity index (χ1v) is 10.7. The number of benzene rings is 1. The molecule has 2 aliphatic heterocycles. The lowest BCUT2D eigenvalue weighted by Gasteiger charge is -2.30. The summed E-state index contributed by atoms with van der Waals surface area (Å²) in [5, 5.41) is 6.96. The van der Waals surface area contributed by atoms with Crippen molar-refractivity contribution in [3.8, 4) is 11.8 Å². The third-order valence-corrected chi connectivity index (χ3v) is 6.05. The fourth-order valence-corrected chi connectivity index (χ4v) is 4.39. The van der Waals surface area contributed by atoms with Gasteiger partial charge in [0.2, 0.25) is 5.78 Å². The Labute approximate surface area is 181 Å². The first-order valence-electron chi connectivity index (χ1n) is 10.7. The maximum atomic E-state index is 13.5. The van der Waals surface area contributed by atoms with Gasteiger partial charge >= 0.3 is 0 Å². The van der Waals surface area contributed by atoms with Gasteiger partial charge in [-0.25, -0.2) is 4.98 Å². The predicted octanol–water partition coefficient (Wildman–Crippen LogP) is 0.0227. The highest BCUT2D eigenvalue weighted by molar-refractivity contribution is 6.27. The van der Waals surface area contributed by atoms with Gasteiger partial charge in [-0.05, 0) is 31.9 Å². The Morgan fingerprint density at radius 1 is 1.29 bits per heavy atom. The third kappa shape index (κ3) is 4.59. The van der Waals surface area contributed by atoms with Crippen LogP contribution in [-0.4, -0.2) is 71.8 Å². The van der Waals surface area contributed by atoms with Gasteiger partial charge in [-0.3, -0.25) is 23.9 Å². The molecule has 2 N–H and O–H groups in total. The molecule has 1 aromatic heterocycles. The molecule has 1 aromatic carbocycles. The van der Waals surface area contributed by atoms with Crippen molar-refractivity contribution in [2.24, 2.45) is 0 Å². The molecule has 0 bridgehead atoms. The summed E-state index contributed by atoms with van der Waals surface area (Å²) in [6.07, 6.45) is 1.50. The third-order valence-electron chi connectivity index (χ3n) is 6.05. The topological polar surface area (TPSA) is 96.3 Å². The number of aromatic nitrogens is 2. The molecule has 0 spiro atoms. The molecule has 2 atom stereocenters. The highest BCUT2D eigenvalue weighted by atomic mass is 16.2. The lowest BCUT2D eigenvalue weighted by Crippen LogP contribution is -2.47. The number of hydrogen-bond donors (Lipinski definition) is 2. The molecule has 0 amide bonds. The number of carbonyl (C=O) groups excluding carboxylic acids is 2. The Morgan fingerprint density at radius 3 is 2.81 bits per heavy atom. The van der Waals surface area contributed by atoms with Gasteiger partial charge in [0, 0.05) is 38.3 Å². The second-order valence-corrected chi connectivity index (χ2v) is 8.07. The number of piperidine rings is 1. The number of fused-ring (bicyclic) bond motifs is 1. The number of aldehydes is 1. The second-order valence-electron chi connectivity index (χ2n) is 8.07. The summed E-state index contributed by atoms with van der Waals surface area (Å²) >= 11 is 0. The zero-order valence-electron chi connectivity index (χ0n) is 17.7. The quantitative estimate of drug-likeness (QED) is 0.408. The van der Waals surface area contributed by atoms with Crippen LogP contribution in [0, 0.1) is 18.8 Å². The van der Waals surface area contributed by atoms with Gasteiger partial charge in [-0.15, -0.1) is 0 Å². The molecule has 0 aliphatic carbocycles. The fourth-order valence-electron chi connectivity index (χ4n) is 4.39. The van der Waals surface area contributed by atoms with E-state index in [1.807, 2.05) is 25.1 Å². The van der Waals surface area contributed by atoms with Crippen LogP contribution < -0.4 is 16.2 Å². The maximum absolute atomic E-state index is 13.5. The van der Waals surface area contributed by atoms with Gasteiger partial charge in [-0.1, -0.05) is 17.9 Å². The number of piperazine rings is 1. The molecule has 2 fully saturated rings. The van der Waals surface area contributed by atoms with E-state index < -0.39 is 11.8 Å². The summed E-state index contributed by atoms with van der Waals surface area (Å²) in [4.78, 5) is 42.9. The fraction of sp³-hybridized carbons (Fsp3) is 0.478. The van der Waals surface area contributed by atoms with Crippen molar-refractivity contribution in [3.63, 3.8) is 0 Å². The minimum atomic E-state index is -0.468. The van der Waals surface area contributed by atoms with Gasteiger partial charge in [0.25, 0.3) is 5.56 Å². The van der Waals surface area contributed by atoms with Crippen molar-refractivity contribution in [3.05, 3.63) is 39.9 Å². The molecule has 2 aliphatic rings. The van der Waals surface area contributed by atoms with E-state index in [4.69, 9.17) is 0 Å². The van der Waals surface area contributed by atoms with Crippen LogP contribution in [0.25, 0.3) is 10.9 Å². The van der Waals surface area contributed by atoms with Crippen LogP contribution >= 0.6 is 0 Å². The normalized spacial score (nSPS) is 22.0. The van der Waals surface area contributed by atoms with Crippen LogP contribution in [-0.2, 0) is 9.59 Å². The average Bonchev–Trinajstić information content (AvgIpc) is 2.79. The number of nitrogens with one attached hydrogen (secondary N) is 2. The number of carbonyl (C=O) groups is 2. The maximum Gasteiger partial charge on any atom is 0.262 e. The number of nitrogens with zero attached hydrogens (tertiary/aromatic N) is 3. The van der Waals surface area contributed by atoms with Gasteiger partial charge < -0.3 is 10.6 Å². The Balaban J connectivity index is 1.63. The van der Waals surface area contributed by atoms with Gasteiger partial charge in [0.05, 0.1) is 29.5 Å². The first-order chi connectivity index (χ1) is 15.1. The minimum Gasteiger partial charge on any atom is -0.314 e. The zero-order valence-corrected chi connectivity index (χ0v) is 17.7. The minimum absolute atomic E-state index is 0.110. The molecule has 8 nitrogen and oxygen atoms in total. The molecule has 2 aromatic rings. The van der Waals surface area contributed by atoms with E-state index in [9.17, 15) is 14.4 Å². The molecule has 2 saturated heterocycles. The molecule has 3 heterocycles. The first kappa shape index (κ1) is 21.4. The van der Waals surface area contributed by atoms with Crippen LogP contribution in [0.2, 0.25) is 0 Å². The van der Waals surface area contributed by atoms with Gasteiger partial charge in [-0.2, -0.15) is 0 Å². The summed E-state index contributed by atoms with van der Waals surface area (Å²) in [7, 11) is 0. The second kappa shape index (κ2) is 9.52. The number of rotatable bonds is 4. The van der Waals surface area contributed by atoms with Crippen LogP contribution in [0.3, 0.4) is 0 Å². The van der Waals surface area contributed by atoms with E-state index in [1.54, 1.807) is 4.57 Å². The average molecular weight is 422 g/mol. The van der Waals surface area contributed by atoms with E-state index in [0.29, 0.717) is 54.5 Å². The highest BCUT2D eigenvalue weighted by Gasteiger charge is 2.28. The summed E-state index contributed by atoms with van der Waals surface area (Å²) in [5.74, 6) is 6.60. The van der Waals surface area contributed by atoms with Crippen molar-refractivity contribution in [1.29, 1.82) is 0 Å². The van der Waals surface area contributed by atoms with Crippen molar-refractivity contribution < 1.29 is 9.59 Å². The molecule has 162 valence electrons. The number of hydrogen-bond acceptors (Lipinski definition) is 7. The van der Waals surface area contributed by atoms with Crippen LogP contribution in [0.5, 0.6) is 0 Å². The summed E-state index contributed by atoms with van der Waals surface area (Å²) in [6, 6.07) is 5.00.